The lowest BCUT2D eigenvalue weighted by atomic mass is 10.2. The molecule has 4 rings (SSSR count). The van der Waals surface area contributed by atoms with Gasteiger partial charge in [0.1, 0.15) is 0 Å². The normalized spacial score (nSPS) is 14.8. The molecule has 1 saturated heterocycles. The summed E-state index contributed by atoms with van der Waals surface area (Å²) in [6.07, 6.45) is 2.59. The molecule has 0 amide bonds. The first-order chi connectivity index (χ1) is 11.2. The minimum Gasteiger partial charge on any atom is -0.348 e. The second-order valence-corrected chi connectivity index (χ2v) is 8.03. The van der Waals surface area contributed by atoms with Crippen LogP contribution in [0.5, 0.6) is 0 Å². The number of thiazole rings is 1. The molecule has 0 aliphatic carbocycles. The zero-order valence-corrected chi connectivity index (χ0v) is 15.2. The van der Waals surface area contributed by atoms with Gasteiger partial charge in [0.15, 0.2) is 5.13 Å². The first kappa shape index (κ1) is 15.0. The van der Waals surface area contributed by atoms with Crippen molar-refractivity contribution in [1.29, 1.82) is 0 Å². The second kappa shape index (κ2) is 6.13. The molecule has 0 atom stereocenters. The topological polar surface area (TPSA) is 21.1 Å². The number of hydrogen-bond acceptors (Lipinski definition) is 4. The molecule has 3 aromatic rings. The highest BCUT2D eigenvalue weighted by Gasteiger charge is 2.18. The Bertz CT molecular complexity index is 792. The molecule has 0 radical (unpaired) electrons. The molecule has 0 saturated carbocycles. The van der Waals surface area contributed by atoms with Gasteiger partial charge in [0.25, 0.3) is 0 Å². The maximum atomic E-state index is 4.91. The lowest BCUT2D eigenvalue weighted by Crippen LogP contribution is -2.17. The van der Waals surface area contributed by atoms with Crippen molar-refractivity contribution in [2.75, 3.05) is 18.0 Å². The smallest absolute Gasteiger partial charge is 0.185 e. The van der Waals surface area contributed by atoms with Gasteiger partial charge in [-0.05, 0) is 44.2 Å². The van der Waals surface area contributed by atoms with Crippen molar-refractivity contribution in [1.82, 2.24) is 9.55 Å². The largest absolute Gasteiger partial charge is 0.348 e. The highest BCUT2D eigenvalue weighted by molar-refractivity contribution is 7.14. The van der Waals surface area contributed by atoms with E-state index in [0.29, 0.717) is 0 Å². The van der Waals surface area contributed by atoms with Crippen LogP contribution < -0.4 is 4.90 Å². The highest BCUT2D eigenvalue weighted by atomic mass is 32.1. The SMILES string of the molecule is Cc1cc(-c2csc(N3CCCC3)n2)c(C)n1Cc1cccs1. The fourth-order valence-corrected chi connectivity index (χ4v) is 4.88. The Labute approximate surface area is 145 Å². The Morgan fingerprint density at radius 2 is 2.00 bits per heavy atom. The van der Waals surface area contributed by atoms with Crippen molar-refractivity contribution in [2.24, 2.45) is 0 Å². The summed E-state index contributed by atoms with van der Waals surface area (Å²) in [7, 11) is 0. The van der Waals surface area contributed by atoms with Gasteiger partial charge in [-0.3, -0.25) is 0 Å². The average Bonchev–Trinajstić information content (AvgIpc) is 3.31. The van der Waals surface area contributed by atoms with Gasteiger partial charge >= 0.3 is 0 Å². The van der Waals surface area contributed by atoms with Crippen LogP contribution in [0, 0.1) is 13.8 Å². The van der Waals surface area contributed by atoms with E-state index in [0.717, 1.165) is 25.3 Å². The van der Waals surface area contributed by atoms with Crippen LogP contribution >= 0.6 is 22.7 Å². The van der Waals surface area contributed by atoms with E-state index in [1.54, 1.807) is 11.3 Å². The van der Waals surface area contributed by atoms with Gasteiger partial charge in [0.05, 0.1) is 12.2 Å². The van der Waals surface area contributed by atoms with Crippen LogP contribution in [0.1, 0.15) is 29.1 Å². The summed E-state index contributed by atoms with van der Waals surface area (Å²) in [6.45, 7) is 7.68. The fraction of sp³-hybridized carbons (Fsp3) is 0.389. The lowest BCUT2D eigenvalue weighted by Gasteiger charge is -2.12. The molecule has 1 fully saturated rings. The maximum absolute atomic E-state index is 4.91. The molecule has 3 nitrogen and oxygen atoms in total. The van der Waals surface area contributed by atoms with E-state index >= 15 is 0 Å². The van der Waals surface area contributed by atoms with E-state index < -0.39 is 0 Å². The van der Waals surface area contributed by atoms with E-state index in [9.17, 15) is 0 Å². The number of rotatable bonds is 4. The summed E-state index contributed by atoms with van der Waals surface area (Å²) in [6, 6.07) is 6.61. The third kappa shape index (κ3) is 2.83. The Balaban J connectivity index is 1.64. The van der Waals surface area contributed by atoms with Gasteiger partial charge in [-0.2, -0.15) is 0 Å². The van der Waals surface area contributed by atoms with Crippen molar-refractivity contribution >= 4 is 27.8 Å². The molecule has 23 heavy (non-hydrogen) atoms. The summed E-state index contributed by atoms with van der Waals surface area (Å²) in [5, 5.41) is 5.54. The fourth-order valence-electron chi connectivity index (χ4n) is 3.30. The molecule has 1 aliphatic heterocycles. The minimum atomic E-state index is 0.957. The molecular formula is C18H21N3S2. The third-order valence-corrected chi connectivity index (χ3v) is 6.37. The second-order valence-electron chi connectivity index (χ2n) is 6.16. The minimum absolute atomic E-state index is 0.957. The van der Waals surface area contributed by atoms with Crippen molar-refractivity contribution in [3.05, 3.63) is 45.2 Å². The van der Waals surface area contributed by atoms with Crippen molar-refractivity contribution in [3.63, 3.8) is 0 Å². The number of aromatic nitrogens is 2. The summed E-state index contributed by atoms with van der Waals surface area (Å²) in [5.74, 6) is 0. The molecule has 5 heteroatoms. The number of aryl methyl sites for hydroxylation is 1. The Kier molecular flexibility index (Phi) is 3.99. The molecule has 0 spiro atoms. The van der Waals surface area contributed by atoms with Crippen molar-refractivity contribution in [2.45, 2.75) is 33.2 Å². The molecule has 0 aromatic carbocycles. The van der Waals surface area contributed by atoms with Crippen LogP contribution in [0.15, 0.2) is 29.0 Å². The van der Waals surface area contributed by atoms with Gasteiger partial charge in [0, 0.05) is 40.3 Å². The molecule has 3 aromatic heterocycles. The Morgan fingerprint density at radius 3 is 2.74 bits per heavy atom. The molecule has 1 aliphatic rings. The zero-order valence-electron chi connectivity index (χ0n) is 13.6. The summed E-state index contributed by atoms with van der Waals surface area (Å²) >= 11 is 3.60. The molecular weight excluding hydrogens is 322 g/mol. The van der Waals surface area contributed by atoms with Crippen LogP contribution in [-0.2, 0) is 6.54 Å². The predicted molar refractivity (Wildman–Crippen MR) is 99.9 cm³/mol. The van der Waals surface area contributed by atoms with E-state index in [1.165, 1.54) is 39.8 Å². The highest BCUT2D eigenvalue weighted by Crippen LogP contribution is 2.33. The number of thiophene rings is 1. The van der Waals surface area contributed by atoms with Crippen LogP contribution in [0.25, 0.3) is 11.3 Å². The first-order valence-electron chi connectivity index (χ1n) is 8.12. The van der Waals surface area contributed by atoms with Crippen molar-refractivity contribution in [3.8, 4) is 11.3 Å². The molecule has 4 heterocycles. The monoisotopic (exact) mass is 343 g/mol. The standard InChI is InChI=1S/C18H21N3S2/c1-13-10-16(14(2)21(13)11-15-6-5-9-22-15)17-12-23-18(19-17)20-7-3-4-8-20/h5-6,9-10,12H,3-4,7-8,11H2,1-2H3. The quantitative estimate of drug-likeness (QED) is 0.669. The van der Waals surface area contributed by atoms with Crippen molar-refractivity contribution < 1.29 is 0 Å². The number of hydrogen-bond donors (Lipinski definition) is 0. The Morgan fingerprint density at radius 1 is 1.17 bits per heavy atom. The molecule has 0 bridgehead atoms. The number of nitrogens with zero attached hydrogens (tertiary/aromatic N) is 3. The van der Waals surface area contributed by atoms with Crippen LogP contribution in [-0.4, -0.2) is 22.6 Å². The Hall–Kier alpha value is -1.59. The average molecular weight is 344 g/mol. The zero-order chi connectivity index (χ0) is 15.8. The maximum Gasteiger partial charge on any atom is 0.185 e. The summed E-state index contributed by atoms with van der Waals surface area (Å²) in [4.78, 5) is 8.72. The van der Waals surface area contributed by atoms with E-state index in [1.807, 2.05) is 11.3 Å². The third-order valence-electron chi connectivity index (χ3n) is 4.61. The van der Waals surface area contributed by atoms with Crippen LogP contribution in [0.2, 0.25) is 0 Å². The van der Waals surface area contributed by atoms with E-state index in [4.69, 9.17) is 4.98 Å². The molecule has 0 N–H and O–H groups in total. The first-order valence-corrected chi connectivity index (χ1v) is 9.88. The summed E-state index contributed by atoms with van der Waals surface area (Å²) in [5.41, 5.74) is 5.03. The summed E-state index contributed by atoms with van der Waals surface area (Å²) < 4.78 is 2.40. The van der Waals surface area contributed by atoms with Crippen LogP contribution in [0.3, 0.4) is 0 Å². The van der Waals surface area contributed by atoms with Gasteiger partial charge in [-0.15, -0.1) is 22.7 Å². The van der Waals surface area contributed by atoms with Gasteiger partial charge < -0.3 is 9.47 Å². The lowest BCUT2D eigenvalue weighted by molar-refractivity contribution is 0.760. The molecule has 0 unspecified atom stereocenters. The molecule has 120 valence electrons. The number of anilines is 1. The van der Waals surface area contributed by atoms with E-state index in [-0.39, 0.29) is 0 Å². The van der Waals surface area contributed by atoms with Crippen LogP contribution in [0.4, 0.5) is 5.13 Å². The van der Waals surface area contributed by atoms with E-state index in [2.05, 4.69) is 52.3 Å². The van der Waals surface area contributed by atoms with Gasteiger partial charge in [-0.1, -0.05) is 6.07 Å². The van der Waals surface area contributed by atoms with Gasteiger partial charge in [0.2, 0.25) is 0 Å². The predicted octanol–water partition coefficient (Wildman–Crippen LogP) is 4.94. The van der Waals surface area contributed by atoms with Gasteiger partial charge in [-0.25, -0.2) is 4.98 Å².